The fourth-order valence-electron chi connectivity index (χ4n) is 3.18. The molecule has 8 nitrogen and oxygen atoms in total. The third-order valence-corrected chi connectivity index (χ3v) is 5.94. The van der Waals surface area contributed by atoms with Gasteiger partial charge in [-0.15, -0.1) is 0 Å². The molecule has 2 heterocycles. The summed E-state index contributed by atoms with van der Waals surface area (Å²) >= 11 is 0. The maximum Gasteiger partial charge on any atom is 0.336 e. The van der Waals surface area contributed by atoms with E-state index in [1.54, 1.807) is 12.1 Å². The fraction of sp³-hybridized carbons (Fsp3) is 0.500. The lowest BCUT2D eigenvalue weighted by atomic mass is 10.1. The smallest absolute Gasteiger partial charge is 0.336 e. The van der Waals surface area contributed by atoms with Crippen molar-refractivity contribution < 1.29 is 22.7 Å². The Labute approximate surface area is 158 Å². The standard InChI is InChI=1S/C18H24N2O6S/c1-13-9-18(22)26-17-10-15(3-4-16(13)17)25-12-14(21)11-19-5-7-20(8-6-19)27(2,23)24/h3-4,9-10,14,21H,5-8,11-12H2,1-2H3. The number of β-amino-alcohol motifs (C(OH)–C–C–N with tert-alkyl or cyclic N) is 1. The van der Waals surface area contributed by atoms with Crippen molar-refractivity contribution in [3.8, 4) is 5.75 Å². The Balaban J connectivity index is 1.53. The number of hydrogen-bond donors (Lipinski definition) is 1. The molecule has 27 heavy (non-hydrogen) atoms. The molecule has 0 aliphatic carbocycles. The Kier molecular flexibility index (Phi) is 5.85. The van der Waals surface area contributed by atoms with Crippen molar-refractivity contribution >= 4 is 21.0 Å². The summed E-state index contributed by atoms with van der Waals surface area (Å²) in [7, 11) is -3.16. The summed E-state index contributed by atoms with van der Waals surface area (Å²) in [5.74, 6) is 0.511. The Bertz CT molecular complexity index is 963. The van der Waals surface area contributed by atoms with Gasteiger partial charge < -0.3 is 14.3 Å². The molecule has 1 aromatic carbocycles. The number of hydrogen-bond acceptors (Lipinski definition) is 7. The van der Waals surface area contributed by atoms with E-state index in [0.717, 1.165) is 10.9 Å². The number of aliphatic hydroxyl groups is 1. The van der Waals surface area contributed by atoms with E-state index >= 15 is 0 Å². The van der Waals surface area contributed by atoms with Crippen LogP contribution in [0.1, 0.15) is 5.56 Å². The average molecular weight is 396 g/mol. The van der Waals surface area contributed by atoms with Crippen molar-refractivity contribution in [2.75, 3.05) is 45.6 Å². The summed E-state index contributed by atoms with van der Waals surface area (Å²) in [5.41, 5.74) is 0.871. The van der Waals surface area contributed by atoms with Crippen LogP contribution < -0.4 is 10.4 Å². The molecule has 0 bridgehead atoms. The van der Waals surface area contributed by atoms with Gasteiger partial charge in [-0.1, -0.05) is 0 Å². The predicted octanol–water partition coefficient (Wildman–Crippen LogP) is 0.418. The van der Waals surface area contributed by atoms with Crippen LogP contribution in [0.3, 0.4) is 0 Å². The highest BCUT2D eigenvalue weighted by Gasteiger charge is 2.24. The molecule has 0 saturated carbocycles. The van der Waals surface area contributed by atoms with Gasteiger partial charge in [-0.3, -0.25) is 4.90 Å². The quantitative estimate of drug-likeness (QED) is 0.706. The van der Waals surface area contributed by atoms with Crippen LogP contribution in [0, 0.1) is 6.92 Å². The molecule has 0 radical (unpaired) electrons. The van der Waals surface area contributed by atoms with Crippen LogP contribution in [0.25, 0.3) is 11.0 Å². The van der Waals surface area contributed by atoms with E-state index in [2.05, 4.69) is 0 Å². The monoisotopic (exact) mass is 396 g/mol. The Morgan fingerprint density at radius 2 is 1.93 bits per heavy atom. The van der Waals surface area contributed by atoms with E-state index in [9.17, 15) is 18.3 Å². The Hall–Kier alpha value is -1.94. The van der Waals surface area contributed by atoms with Crippen LogP contribution in [0.15, 0.2) is 33.5 Å². The minimum absolute atomic E-state index is 0.0911. The van der Waals surface area contributed by atoms with Crippen LogP contribution in [0.4, 0.5) is 0 Å². The van der Waals surface area contributed by atoms with Gasteiger partial charge in [0.2, 0.25) is 10.0 Å². The highest BCUT2D eigenvalue weighted by molar-refractivity contribution is 7.88. The highest BCUT2D eigenvalue weighted by atomic mass is 32.2. The molecule has 3 rings (SSSR count). The van der Waals surface area contributed by atoms with Gasteiger partial charge in [0.05, 0.1) is 6.26 Å². The van der Waals surface area contributed by atoms with Gasteiger partial charge in [-0.2, -0.15) is 4.31 Å². The molecule has 148 valence electrons. The molecule has 1 aromatic heterocycles. The summed E-state index contributed by atoms with van der Waals surface area (Å²) < 4.78 is 35.3. The third-order valence-electron chi connectivity index (χ3n) is 4.63. The number of ether oxygens (including phenoxy) is 1. The van der Waals surface area contributed by atoms with Crippen LogP contribution in [-0.4, -0.2) is 74.4 Å². The fourth-order valence-corrected chi connectivity index (χ4v) is 4.01. The van der Waals surface area contributed by atoms with E-state index in [1.807, 2.05) is 17.9 Å². The van der Waals surface area contributed by atoms with Gasteiger partial charge in [0.1, 0.15) is 24.0 Å². The zero-order chi connectivity index (χ0) is 19.6. The van der Waals surface area contributed by atoms with Crippen molar-refractivity contribution in [2.45, 2.75) is 13.0 Å². The molecule has 0 amide bonds. The van der Waals surface area contributed by atoms with E-state index in [4.69, 9.17) is 9.15 Å². The number of sulfonamides is 1. The number of piperazine rings is 1. The Morgan fingerprint density at radius 3 is 2.59 bits per heavy atom. The van der Waals surface area contributed by atoms with E-state index in [-0.39, 0.29) is 6.61 Å². The highest BCUT2D eigenvalue weighted by Crippen LogP contribution is 2.22. The Morgan fingerprint density at radius 1 is 1.22 bits per heavy atom. The van der Waals surface area contributed by atoms with Crippen molar-refractivity contribution in [1.82, 2.24) is 9.21 Å². The zero-order valence-electron chi connectivity index (χ0n) is 15.4. The third kappa shape index (κ3) is 5.07. The average Bonchev–Trinajstić information content (AvgIpc) is 2.59. The molecule has 1 fully saturated rings. The minimum atomic E-state index is -3.16. The van der Waals surface area contributed by atoms with Crippen molar-refractivity contribution in [3.05, 3.63) is 40.2 Å². The van der Waals surface area contributed by atoms with Crippen LogP contribution in [0.2, 0.25) is 0 Å². The number of aliphatic hydroxyl groups excluding tert-OH is 1. The molecule has 1 aliphatic heterocycles. The minimum Gasteiger partial charge on any atom is -0.491 e. The van der Waals surface area contributed by atoms with Crippen molar-refractivity contribution in [2.24, 2.45) is 0 Å². The first-order chi connectivity index (χ1) is 12.7. The van der Waals surface area contributed by atoms with Gasteiger partial charge in [-0.25, -0.2) is 13.2 Å². The summed E-state index contributed by atoms with van der Waals surface area (Å²) in [6.45, 7) is 4.33. The predicted molar refractivity (Wildman–Crippen MR) is 102 cm³/mol. The van der Waals surface area contributed by atoms with Crippen molar-refractivity contribution in [3.63, 3.8) is 0 Å². The van der Waals surface area contributed by atoms with Crippen LogP contribution in [-0.2, 0) is 10.0 Å². The number of rotatable bonds is 6. The SMILES string of the molecule is Cc1cc(=O)oc2cc(OCC(O)CN3CCN(S(C)(=O)=O)CC3)ccc12. The number of aryl methyl sites for hydroxylation is 1. The first-order valence-electron chi connectivity index (χ1n) is 8.75. The van der Waals surface area contributed by atoms with E-state index in [1.165, 1.54) is 16.6 Å². The lowest BCUT2D eigenvalue weighted by molar-refractivity contribution is 0.0570. The molecular weight excluding hydrogens is 372 g/mol. The molecule has 2 aromatic rings. The normalized spacial score (nSPS) is 17.9. The molecule has 1 atom stereocenters. The first-order valence-corrected chi connectivity index (χ1v) is 10.6. The second-order valence-corrected chi connectivity index (χ2v) is 8.82. The maximum absolute atomic E-state index is 11.5. The van der Waals surface area contributed by atoms with Crippen LogP contribution in [0.5, 0.6) is 5.75 Å². The van der Waals surface area contributed by atoms with Gasteiger partial charge >= 0.3 is 5.63 Å². The lowest BCUT2D eigenvalue weighted by Crippen LogP contribution is -2.50. The summed E-state index contributed by atoms with van der Waals surface area (Å²) in [5, 5.41) is 11.1. The molecular formula is C18H24N2O6S. The van der Waals surface area contributed by atoms with Crippen LogP contribution >= 0.6 is 0 Å². The largest absolute Gasteiger partial charge is 0.491 e. The summed E-state index contributed by atoms with van der Waals surface area (Å²) in [4.78, 5) is 13.5. The number of benzene rings is 1. The van der Waals surface area contributed by atoms with E-state index < -0.39 is 21.8 Å². The lowest BCUT2D eigenvalue weighted by Gasteiger charge is -2.34. The first kappa shape index (κ1) is 19.8. The van der Waals surface area contributed by atoms with Gasteiger partial charge in [-0.05, 0) is 24.6 Å². The zero-order valence-corrected chi connectivity index (χ0v) is 16.2. The second kappa shape index (κ2) is 7.97. The molecule has 1 saturated heterocycles. The molecule has 1 unspecified atom stereocenters. The molecule has 1 N–H and O–H groups in total. The van der Waals surface area contributed by atoms with E-state index in [0.29, 0.717) is 44.1 Å². The number of nitrogens with zero attached hydrogens (tertiary/aromatic N) is 2. The van der Waals surface area contributed by atoms with Crippen molar-refractivity contribution in [1.29, 1.82) is 0 Å². The molecule has 0 spiro atoms. The molecule has 9 heteroatoms. The van der Waals surface area contributed by atoms with Gasteiger partial charge in [0.15, 0.2) is 0 Å². The number of fused-ring (bicyclic) bond motifs is 1. The summed E-state index contributed by atoms with van der Waals surface area (Å²) in [6.07, 6.45) is 0.494. The molecule has 1 aliphatic rings. The van der Waals surface area contributed by atoms with Gasteiger partial charge in [0.25, 0.3) is 0 Å². The van der Waals surface area contributed by atoms with Gasteiger partial charge in [0, 0.05) is 50.2 Å². The topological polar surface area (TPSA) is 100 Å². The summed E-state index contributed by atoms with van der Waals surface area (Å²) in [6, 6.07) is 6.67. The maximum atomic E-state index is 11.5. The second-order valence-electron chi connectivity index (χ2n) is 6.83.